The molecule has 0 aliphatic heterocycles. The van der Waals surface area contributed by atoms with Gasteiger partial charge in [0.25, 0.3) is 5.91 Å². The molecule has 5 N–H and O–H groups in total. The summed E-state index contributed by atoms with van der Waals surface area (Å²) in [5, 5.41) is 11.5. The number of carbonyl (C=O) groups is 2. The number of ether oxygens (including phenoxy) is 1. The van der Waals surface area contributed by atoms with Gasteiger partial charge in [0.2, 0.25) is 0 Å². The molecule has 40 heavy (non-hydrogen) atoms. The number of aromatic nitrogens is 4. The zero-order chi connectivity index (χ0) is 27.9. The van der Waals surface area contributed by atoms with Crippen LogP contribution in [0.25, 0.3) is 21.1 Å². The topological polar surface area (TPSA) is 149 Å². The van der Waals surface area contributed by atoms with Crippen molar-refractivity contribution in [3.63, 3.8) is 0 Å². The van der Waals surface area contributed by atoms with Crippen LogP contribution in [0.4, 0.5) is 21.4 Å². The summed E-state index contributed by atoms with van der Waals surface area (Å²) in [4.78, 5) is 38.7. The molecule has 0 radical (unpaired) electrons. The van der Waals surface area contributed by atoms with E-state index in [4.69, 9.17) is 15.5 Å². The fraction of sp³-hybridized carbons (Fsp3) is 0.148. The van der Waals surface area contributed by atoms with E-state index in [-0.39, 0.29) is 11.9 Å². The maximum atomic E-state index is 12.7. The molecular weight excluding hydrogens is 548 g/mol. The van der Waals surface area contributed by atoms with Crippen molar-refractivity contribution in [1.29, 1.82) is 0 Å². The molecule has 0 spiro atoms. The molecule has 0 saturated heterocycles. The van der Waals surface area contributed by atoms with E-state index in [2.05, 4.69) is 25.9 Å². The lowest BCUT2D eigenvalue weighted by molar-refractivity contribution is 0.102. The Bertz CT molecular complexity index is 1610. The average Bonchev–Trinajstić information content (AvgIpc) is 3.73. The molecule has 0 saturated carbocycles. The highest BCUT2D eigenvalue weighted by Crippen LogP contribution is 2.38. The fourth-order valence-corrected chi connectivity index (χ4v) is 5.61. The van der Waals surface area contributed by atoms with Gasteiger partial charge in [-0.25, -0.2) is 19.7 Å². The summed E-state index contributed by atoms with van der Waals surface area (Å²) < 4.78 is 7.15. The van der Waals surface area contributed by atoms with E-state index >= 15 is 0 Å². The van der Waals surface area contributed by atoms with Crippen LogP contribution < -0.4 is 26.4 Å². The van der Waals surface area contributed by atoms with E-state index in [0.717, 1.165) is 24.2 Å². The first-order valence-corrected chi connectivity index (χ1v) is 14.0. The number of imidazole rings is 1. The van der Waals surface area contributed by atoms with Crippen LogP contribution in [0, 0.1) is 0 Å². The monoisotopic (exact) mass is 574 g/mol. The normalized spacial score (nSPS) is 10.7. The van der Waals surface area contributed by atoms with Gasteiger partial charge in [-0.05, 0) is 36.8 Å². The standard InChI is InChI=1S/C27H26N8O3S2/c1-38-20-8-3-6-18(14-20)24(36)31-19-7-2-5-17(13-19)21-15-39-25(32-21)22-23(28)33-27(40-22)34-26(37)30-9-4-11-35-12-10-29-16-35/h2-3,5-8,10,12-16H,4,9,11,28H2,1H3,(H,31,36)(H2,30,33,34,37). The quantitative estimate of drug-likeness (QED) is 0.168. The number of thiazole rings is 2. The molecular formula is C27H26N8O3S2. The molecule has 0 aliphatic rings. The van der Waals surface area contributed by atoms with Gasteiger partial charge in [0.05, 0.1) is 19.1 Å². The van der Waals surface area contributed by atoms with Crippen molar-refractivity contribution >= 4 is 51.2 Å². The van der Waals surface area contributed by atoms with Crippen molar-refractivity contribution in [2.24, 2.45) is 0 Å². The molecule has 204 valence electrons. The molecule has 2 aromatic carbocycles. The molecule has 3 aromatic heterocycles. The Kier molecular flexibility index (Phi) is 8.32. The third-order valence-corrected chi connectivity index (χ3v) is 7.74. The maximum absolute atomic E-state index is 12.7. The van der Waals surface area contributed by atoms with Crippen LogP contribution in [-0.4, -0.2) is 45.1 Å². The number of nitrogens with zero attached hydrogens (tertiary/aromatic N) is 4. The van der Waals surface area contributed by atoms with E-state index in [1.54, 1.807) is 43.9 Å². The van der Waals surface area contributed by atoms with Crippen LogP contribution in [0.15, 0.2) is 72.6 Å². The number of benzene rings is 2. The summed E-state index contributed by atoms with van der Waals surface area (Å²) in [6.07, 6.45) is 6.10. The Morgan fingerprint density at radius 1 is 1.10 bits per heavy atom. The lowest BCUT2D eigenvalue weighted by atomic mass is 10.1. The number of aryl methyl sites for hydroxylation is 1. The molecule has 5 aromatic rings. The maximum Gasteiger partial charge on any atom is 0.321 e. The lowest BCUT2D eigenvalue weighted by Crippen LogP contribution is -2.29. The van der Waals surface area contributed by atoms with Crippen LogP contribution >= 0.6 is 22.7 Å². The highest BCUT2D eigenvalue weighted by Gasteiger charge is 2.17. The Morgan fingerprint density at radius 3 is 2.80 bits per heavy atom. The highest BCUT2D eigenvalue weighted by atomic mass is 32.1. The summed E-state index contributed by atoms with van der Waals surface area (Å²) in [6.45, 7) is 1.27. The fourth-order valence-electron chi connectivity index (χ4n) is 3.80. The number of nitrogens with one attached hydrogen (secondary N) is 3. The molecule has 0 atom stereocenters. The summed E-state index contributed by atoms with van der Waals surface area (Å²) in [5.41, 5.74) is 8.86. The van der Waals surface area contributed by atoms with E-state index in [0.29, 0.717) is 44.4 Å². The van der Waals surface area contributed by atoms with Gasteiger partial charge in [-0.1, -0.05) is 29.5 Å². The van der Waals surface area contributed by atoms with Gasteiger partial charge in [0.15, 0.2) is 5.13 Å². The number of rotatable bonds is 10. The SMILES string of the molecule is COc1cccc(C(=O)Nc2cccc(-c3csc(-c4sc(NC(=O)NCCCn5ccnc5)nc4N)n3)c2)c1. The van der Waals surface area contributed by atoms with Crippen LogP contribution in [0.2, 0.25) is 0 Å². The molecule has 13 heteroatoms. The Morgan fingerprint density at radius 2 is 1.98 bits per heavy atom. The summed E-state index contributed by atoms with van der Waals surface area (Å²) in [6, 6.07) is 14.1. The van der Waals surface area contributed by atoms with Crippen LogP contribution in [-0.2, 0) is 6.54 Å². The minimum absolute atomic E-state index is 0.241. The Balaban J connectivity index is 1.20. The molecule has 0 unspecified atom stereocenters. The molecule has 0 fully saturated rings. The number of anilines is 3. The Hall–Kier alpha value is -4.75. The van der Waals surface area contributed by atoms with Crippen molar-refractivity contribution in [3.8, 4) is 26.9 Å². The smallest absolute Gasteiger partial charge is 0.321 e. The average molecular weight is 575 g/mol. The zero-order valence-corrected chi connectivity index (χ0v) is 23.1. The van der Waals surface area contributed by atoms with Crippen molar-refractivity contribution in [2.45, 2.75) is 13.0 Å². The van der Waals surface area contributed by atoms with E-state index in [1.807, 2.05) is 40.4 Å². The number of hydrogen-bond donors (Lipinski definition) is 4. The molecule has 11 nitrogen and oxygen atoms in total. The van der Waals surface area contributed by atoms with Gasteiger partial charge >= 0.3 is 6.03 Å². The van der Waals surface area contributed by atoms with E-state index < -0.39 is 0 Å². The molecule has 0 bridgehead atoms. The number of hydrogen-bond acceptors (Lipinski definition) is 9. The van der Waals surface area contributed by atoms with Crippen molar-refractivity contribution < 1.29 is 14.3 Å². The summed E-state index contributed by atoms with van der Waals surface area (Å²) in [5.74, 6) is 0.662. The molecule has 3 heterocycles. The zero-order valence-electron chi connectivity index (χ0n) is 21.5. The first kappa shape index (κ1) is 26.8. The second-order valence-corrected chi connectivity index (χ2v) is 10.4. The number of carbonyl (C=O) groups excluding carboxylic acids is 2. The van der Waals surface area contributed by atoms with Crippen LogP contribution in [0.5, 0.6) is 5.75 Å². The lowest BCUT2D eigenvalue weighted by Gasteiger charge is -2.08. The molecule has 5 rings (SSSR count). The Labute approximate surface area is 238 Å². The number of nitrogens with two attached hydrogens (primary N) is 1. The molecule has 0 aliphatic carbocycles. The van der Waals surface area contributed by atoms with Crippen LogP contribution in [0.1, 0.15) is 16.8 Å². The van der Waals surface area contributed by atoms with Gasteiger partial charge in [-0.2, -0.15) is 0 Å². The van der Waals surface area contributed by atoms with Crippen molar-refractivity contribution in [2.75, 3.05) is 30.0 Å². The van der Waals surface area contributed by atoms with Gasteiger partial charge < -0.3 is 25.7 Å². The van der Waals surface area contributed by atoms with Gasteiger partial charge in [-0.3, -0.25) is 10.1 Å². The first-order chi connectivity index (χ1) is 19.5. The van der Waals surface area contributed by atoms with E-state index in [9.17, 15) is 9.59 Å². The minimum atomic E-state index is -0.349. The van der Waals surface area contributed by atoms with Crippen molar-refractivity contribution in [1.82, 2.24) is 24.8 Å². The third kappa shape index (κ3) is 6.62. The highest BCUT2D eigenvalue weighted by molar-refractivity contribution is 7.23. The van der Waals surface area contributed by atoms with Gasteiger partial charge in [-0.15, -0.1) is 11.3 Å². The molecule has 3 amide bonds. The minimum Gasteiger partial charge on any atom is -0.497 e. The first-order valence-electron chi connectivity index (χ1n) is 12.3. The predicted molar refractivity (Wildman–Crippen MR) is 158 cm³/mol. The van der Waals surface area contributed by atoms with Crippen molar-refractivity contribution in [3.05, 3.63) is 78.2 Å². The van der Waals surface area contributed by atoms with Gasteiger partial charge in [0.1, 0.15) is 21.5 Å². The number of urea groups is 1. The third-order valence-electron chi connectivity index (χ3n) is 5.76. The number of nitrogen functional groups attached to an aromatic ring is 1. The predicted octanol–water partition coefficient (Wildman–Crippen LogP) is 5.19. The number of amides is 3. The number of methoxy groups -OCH3 is 1. The largest absolute Gasteiger partial charge is 0.497 e. The summed E-state index contributed by atoms with van der Waals surface area (Å²) in [7, 11) is 1.56. The van der Waals surface area contributed by atoms with Gasteiger partial charge in [0, 0.05) is 47.7 Å². The summed E-state index contributed by atoms with van der Waals surface area (Å²) >= 11 is 2.68. The second kappa shape index (κ2) is 12.4. The van der Waals surface area contributed by atoms with Crippen LogP contribution in [0.3, 0.4) is 0 Å². The van der Waals surface area contributed by atoms with E-state index in [1.165, 1.54) is 22.7 Å². The second-order valence-electron chi connectivity index (χ2n) is 8.57.